The van der Waals surface area contributed by atoms with Crippen molar-refractivity contribution in [2.45, 2.75) is 111 Å². The highest BCUT2D eigenvalue weighted by Crippen LogP contribution is 2.30. The van der Waals surface area contributed by atoms with Crippen LogP contribution in [0.25, 0.3) is 0 Å². The van der Waals surface area contributed by atoms with Gasteiger partial charge in [0.2, 0.25) is 0 Å². The number of unbranched alkanes of at least 4 members (excludes halogenated alkanes) is 6. The number of hydrogen-bond acceptors (Lipinski definition) is 0. The maximum Gasteiger partial charge on any atom is 0.0366 e. The molecule has 4 atom stereocenters. The fourth-order valence-electron chi connectivity index (χ4n) is 3.15. The normalized spacial score (nSPS) is 17.4. The van der Waals surface area contributed by atoms with Crippen molar-refractivity contribution in [2.75, 3.05) is 0 Å². The van der Waals surface area contributed by atoms with Crippen LogP contribution in [0.1, 0.15) is 105 Å². The molecule has 1 heteroatoms. The molecule has 128 valence electrons. The molecule has 0 saturated heterocycles. The summed E-state index contributed by atoms with van der Waals surface area (Å²) in [5.74, 6) is 2.22. The number of rotatable bonds is 14. The lowest BCUT2D eigenvalue weighted by Crippen LogP contribution is -2.21. The second-order valence-corrected chi connectivity index (χ2v) is 7.95. The van der Waals surface area contributed by atoms with Crippen LogP contribution in [0.15, 0.2) is 0 Å². The second kappa shape index (κ2) is 13.9. The molecule has 21 heavy (non-hydrogen) atoms. The summed E-state index contributed by atoms with van der Waals surface area (Å²) in [6.07, 6.45) is 14.9. The summed E-state index contributed by atoms with van der Waals surface area (Å²) in [6.45, 7) is 11.7. The molecule has 0 aliphatic carbocycles. The minimum Gasteiger partial charge on any atom is -0.123 e. The van der Waals surface area contributed by atoms with E-state index in [1.165, 1.54) is 70.6 Å². The lowest BCUT2D eigenvalue weighted by atomic mass is 9.84. The van der Waals surface area contributed by atoms with Gasteiger partial charge >= 0.3 is 0 Å². The van der Waals surface area contributed by atoms with E-state index in [4.69, 9.17) is 11.6 Å². The van der Waals surface area contributed by atoms with Gasteiger partial charge in [0.1, 0.15) is 0 Å². The summed E-state index contributed by atoms with van der Waals surface area (Å²) in [5, 5.41) is 0.368. The Kier molecular flexibility index (Phi) is 14.1. The van der Waals surface area contributed by atoms with E-state index in [-0.39, 0.29) is 0 Å². The van der Waals surface area contributed by atoms with Crippen molar-refractivity contribution in [1.29, 1.82) is 0 Å². The van der Waals surface area contributed by atoms with Crippen molar-refractivity contribution in [3.63, 3.8) is 0 Å². The molecule has 0 aromatic rings. The van der Waals surface area contributed by atoms with Crippen molar-refractivity contribution < 1.29 is 0 Å². The van der Waals surface area contributed by atoms with Crippen LogP contribution in [-0.4, -0.2) is 5.38 Å². The van der Waals surface area contributed by atoms with Crippen molar-refractivity contribution in [3.8, 4) is 0 Å². The Morgan fingerprint density at radius 2 is 1.24 bits per heavy atom. The number of alkyl halides is 1. The monoisotopic (exact) mass is 316 g/mol. The molecule has 0 fully saturated rings. The Hall–Kier alpha value is 0.290. The minimum atomic E-state index is 0.368. The van der Waals surface area contributed by atoms with Crippen LogP contribution in [0.2, 0.25) is 0 Å². The third-order valence-electron chi connectivity index (χ3n) is 5.16. The molecule has 0 heterocycles. The molecule has 0 aliphatic heterocycles. The maximum atomic E-state index is 6.70. The van der Waals surface area contributed by atoms with Gasteiger partial charge in [-0.05, 0) is 24.2 Å². The Bertz CT molecular complexity index is 214. The summed E-state index contributed by atoms with van der Waals surface area (Å²) < 4.78 is 0. The highest BCUT2D eigenvalue weighted by molar-refractivity contribution is 6.20. The van der Waals surface area contributed by atoms with Gasteiger partial charge < -0.3 is 0 Å². The van der Waals surface area contributed by atoms with Crippen molar-refractivity contribution in [3.05, 3.63) is 0 Å². The van der Waals surface area contributed by atoms with Gasteiger partial charge in [-0.25, -0.2) is 0 Å². The quantitative estimate of drug-likeness (QED) is 0.226. The van der Waals surface area contributed by atoms with E-state index in [1.54, 1.807) is 0 Å². The van der Waals surface area contributed by atoms with E-state index in [0.29, 0.717) is 11.3 Å². The summed E-state index contributed by atoms with van der Waals surface area (Å²) >= 11 is 6.70. The van der Waals surface area contributed by atoms with E-state index < -0.39 is 0 Å². The van der Waals surface area contributed by atoms with Crippen LogP contribution in [0.4, 0.5) is 0 Å². The minimum absolute atomic E-state index is 0.368. The van der Waals surface area contributed by atoms with E-state index in [1.807, 2.05) is 0 Å². The lowest BCUT2D eigenvalue weighted by Gasteiger charge is -2.26. The summed E-state index contributed by atoms with van der Waals surface area (Å²) in [5.41, 5.74) is 0. The summed E-state index contributed by atoms with van der Waals surface area (Å²) in [7, 11) is 0. The largest absolute Gasteiger partial charge is 0.123 e. The molecule has 0 saturated carbocycles. The zero-order valence-electron chi connectivity index (χ0n) is 15.5. The second-order valence-electron chi connectivity index (χ2n) is 7.39. The fraction of sp³-hybridized carbons (Fsp3) is 1.00. The molecule has 0 bridgehead atoms. The van der Waals surface area contributed by atoms with Crippen LogP contribution >= 0.6 is 11.6 Å². The fourth-order valence-corrected chi connectivity index (χ4v) is 3.70. The summed E-state index contributed by atoms with van der Waals surface area (Å²) in [6, 6.07) is 0. The van der Waals surface area contributed by atoms with Gasteiger partial charge in [-0.1, -0.05) is 98.8 Å². The Morgan fingerprint density at radius 3 is 1.76 bits per heavy atom. The first kappa shape index (κ1) is 21.3. The third kappa shape index (κ3) is 11.5. The van der Waals surface area contributed by atoms with Gasteiger partial charge in [0.05, 0.1) is 0 Å². The molecule has 0 radical (unpaired) electrons. The zero-order chi connectivity index (χ0) is 16.1. The van der Waals surface area contributed by atoms with Gasteiger partial charge in [-0.2, -0.15) is 0 Å². The topological polar surface area (TPSA) is 0 Å². The van der Waals surface area contributed by atoms with Crippen molar-refractivity contribution in [1.82, 2.24) is 0 Å². The van der Waals surface area contributed by atoms with Gasteiger partial charge in [-0.15, -0.1) is 11.6 Å². The molecule has 0 amide bonds. The number of hydrogen-bond donors (Lipinski definition) is 0. The van der Waals surface area contributed by atoms with E-state index in [9.17, 15) is 0 Å². The average molecular weight is 317 g/mol. The molecule has 0 aromatic heterocycles. The van der Waals surface area contributed by atoms with Crippen molar-refractivity contribution in [2.24, 2.45) is 17.8 Å². The molecule has 0 aromatic carbocycles. The molecule has 0 rings (SSSR count). The maximum absolute atomic E-state index is 6.70. The molecule has 0 nitrogen and oxygen atoms in total. The van der Waals surface area contributed by atoms with Gasteiger partial charge in [0.25, 0.3) is 0 Å². The van der Waals surface area contributed by atoms with Crippen LogP contribution in [0.5, 0.6) is 0 Å². The zero-order valence-corrected chi connectivity index (χ0v) is 16.2. The third-order valence-corrected chi connectivity index (χ3v) is 5.73. The first-order valence-electron chi connectivity index (χ1n) is 9.66. The predicted octanol–water partition coefficient (Wildman–Crippen LogP) is 7.83. The van der Waals surface area contributed by atoms with Crippen LogP contribution in [0, 0.1) is 17.8 Å². The Labute approximate surface area is 140 Å². The smallest absolute Gasteiger partial charge is 0.0366 e. The molecule has 2 unspecified atom stereocenters. The lowest BCUT2D eigenvalue weighted by molar-refractivity contribution is 0.307. The first-order valence-corrected chi connectivity index (χ1v) is 10.1. The van der Waals surface area contributed by atoms with Gasteiger partial charge in [-0.3, -0.25) is 0 Å². The van der Waals surface area contributed by atoms with Crippen LogP contribution in [-0.2, 0) is 0 Å². The van der Waals surface area contributed by atoms with E-state index >= 15 is 0 Å². The molecular weight excluding hydrogens is 276 g/mol. The SMILES string of the molecule is CCCCCCC(C)C(C)[C@H](Cl)C[C@H](C)CCCCCC. The number of halogens is 1. The Balaban J connectivity index is 3.82. The highest BCUT2D eigenvalue weighted by atomic mass is 35.5. The molecule has 0 aliphatic rings. The van der Waals surface area contributed by atoms with Crippen molar-refractivity contribution >= 4 is 11.6 Å². The molecular formula is C20H41Cl. The van der Waals surface area contributed by atoms with Gasteiger partial charge in [0.15, 0.2) is 0 Å². The van der Waals surface area contributed by atoms with E-state index in [0.717, 1.165) is 11.8 Å². The molecule has 0 N–H and O–H groups in total. The first-order chi connectivity index (χ1) is 10.0. The molecule has 0 spiro atoms. The van der Waals surface area contributed by atoms with Crippen LogP contribution < -0.4 is 0 Å². The summed E-state index contributed by atoms with van der Waals surface area (Å²) in [4.78, 5) is 0. The highest BCUT2D eigenvalue weighted by Gasteiger charge is 2.22. The van der Waals surface area contributed by atoms with Gasteiger partial charge in [0, 0.05) is 5.38 Å². The van der Waals surface area contributed by atoms with E-state index in [2.05, 4.69) is 34.6 Å². The standard InChI is InChI=1S/C20H41Cl/c1-6-8-10-12-14-17(3)16-20(21)19(5)18(4)15-13-11-9-7-2/h17-20H,6-16H2,1-5H3/t17-,18?,19?,20-/m1/s1. The Morgan fingerprint density at radius 1 is 0.714 bits per heavy atom. The van der Waals surface area contributed by atoms with Crippen LogP contribution in [0.3, 0.4) is 0 Å². The predicted molar refractivity (Wildman–Crippen MR) is 99.3 cm³/mol. The average Bonchev–Trinajstić information content (AvgIpc) is 2.47.